The molecule has 3 N–H and O–H groups in total. The van der Waals surface area contributed by atoms with Crippen LogP contribution in [0.15, 0.2) is 18.3 Å². The minimum absolute atomic E-state index is 0.0271. The van der Waals surface area contributed by atoms with Crippen LogP contribution in [0, 0.1) is 0 Å². The Hall–Kier alpha value is -1.70. The highest BCUT2D eigenvalue weighted by Crippen LogP contribution is 2.14. The molecule has 0 saturated carbocycles. The van der Waals surface area contributed by atoms with E-state index in [0.29, 0.717) is 18.9 Å². The third-order valence-corrected chi connectivity index (χ3v) is 2.77. The minimum Gasteiger partial charge on any atom is -0.492 e. The van der Waals surface area contributed by atoms with Crippen LogP contribution in [0.25, 0.3) is 0 Å². The van der Waals surface area contributed by atoms with E-state index in [1.807, 2.05) is 27.7 Å². The summed E-state index contributed by atoms with van der Waals surface area (Å²) in [5.74, 6) is 0.263. The standard InChI is InChI=1S/C16H26N2O5/c1-11(9-14(19)23-16(2,3)4)17-7-8-22-12-5-6-18-13(10-12)15(20)21/h5-6,10-11,15,17,20-21H,7-9H2,1-4H3. The highest BCUT2D eigenvalue weighted by Gasteiger charge is 2.18. The van der Waals surface area contributed by atoms with Gasteiger partial charge in [-0.1, -0.05) is 0 Å². The molecule has 7 heteroatoms. The summed E-state index contributed by atoms with van der Waals surface area (Å²) in [4.78, 5) is 15.5. The molecule has 0 aromatic carbocycles. The normalized spacial score (nSPS) is 13.0. The second-order valence-electron chi connectivity index (χ2n) is 6.28. The molecule has 0 bridgehead atoms. The molecule has 23 heavy (non-hydrogen) atoms. The molecule has 1 aromatic rings. The molecule has 1 aromatic heterocycles. The molecule has 0 amide bonds. The SMILES string of the molecule is CC(CC(=O)OC(C)(C)C)NCCOc1ccnc(C(O)O)c1. The third-order valence-electron chi connectivity index (χ3n) is 2.77. The quantitative estimate of drug-likeness (QED) is 0.374. The number of ether oxygens (including phenoxy) is 2. The number of hydrogen-bond donors (Lipinski definition) is 3. The fourth-order valence-electron chi connectivity index (χ4n) is 1.84. The van der Waals surface area contributed by atoms with Gasteiger partial charge in [0, 0.05) is 24.8 Å². The number of nitrogens with zero attached hydrogens (tertiary/aromatic N) is 1. The zero-order valence-corrected chi connectivity index (χ0v) is 14.1. The zero-order chi connectivity index (χ0) is 17.5. The second-order valence-corrected chi connectivity index (χ2v) is 6.28. The van der Waals surface area contributed by atoms with Crippen molar-refractivity contribution in [3.8, 4) is 5.75 Å². The fourth-order valence-corrected chi connectivity index (χ4v) is 1.84. The van der Waals surface area contributed by atoms with Crippen molar-refractivity contribution in [3.63, 3.8) is 0 Å². The Balaban J connectivity index is 2.26. The van der Waals surface area contributed by atoms with E-state index in [2.05, 4.69) is 10.3 Å². The zero-order valence-electron chi connectivity index (χ0n) is 14.1. The molecular formula is C16H26N2O5. The number of carbonyl (C=O) groups is 1. The molecule has 0 spiro atoms. The topological polar surface area (TPSA) is 101 Å². The Bertz CT molecular complexity index is 499. The number of carbonyl (C=O) groups excluding carboxylic acids is 1. The summed E-state index contributed by atoms with van der Waals surface area (Å²) in [5.41, 5.74) is -0.343. The third kappa shape index (κ3) is 8.49. The van der Waals surface area contributed by atoms with Crippen LogP contribution in [0.3, 0.4) is 0 Å². The number of rotatable bonds is 8. The Kier molecular flexibility index (Phi) is 7.41. The summed E-state index contributed by atoms with van der Waals surface area (Å²) in [7, 11) is 0. The molecule has 0 saturated heterocycles. The van der Waals surface area contributed by atoms with Crippen LogP contribution in [0.2, 0.25) is 0 Å². The van der Waals surface area contributed by atoms with Gasteiger partial charge in [-0.2, -0.15) is 0 Å². The van der Waals surface area contributed by atoms with Crippen LogP contribution >= 0.6 is 0 Å². The van der Waals surface area contributed by atoms with Crippen molar-refractivity contribution in [2.45, 2.75) is 52.0 Å². The Morgan fingerprint density at radius 2 is 2.09 bits per heavy atom. The number of pyridine rings is 1. The molecule has 1 atom stereocenters. The summed E-state index contributed by atoms with van der Waals surface area (Å²) in [6.45, 7) is 8.33. The van der Waals surface area contributed by atoms with Gasteiger partial charge in [0.25, 0.3) is 0 Å². The molecule has 0 aliphatic heterocycles. The Labute approximate surface area is 136 Å². The first kappa shape index (κ1) is 19.3. The molecule has 1 heterocycles. The van der Waals surface area contributed by atoms with Crippen molar-refractivity contribution in [2.75, 3.05) is 13.2 Å². The van der Waals surface area contributed by atoms with Gasteiger partial charge in [-0.3, -0.25) is 9.78 Å². The van der Waals surface area contributed by atoms with Gasteiger partial charge in [-0.25, -0.2) is 0 Å². The summed E-state index contributed by atoms with van der Waals surface area (Å²) >= 11 is 0. The van der Waals surface area contributed by atoms with Crippen molar-refractivity contribution >= 4 is 5.97 Å². The molecule has 0 radical (unpaired) electrons. The monoisotopic (exact) mass is 326 g/mol. The van der Waals surface area contributed by atoms with Crippen molar-refractivity contribution in [3.05, 3.63) is 24.0 Å². The predicted octanol–water partition coefficient (Wildman–Crippen LogP) is 1.15. The smallest absolute Gasteiger partial charge is 0.307 e. The van der Waals surface area contributed by atoms with E-state index in [1.54, 1.807) is 6.07 Å². The molecule has 7 nitrogen and oxygen atoms in total. The first-order valence-corrected chi connectivity index (χ1v) is 7.57. The number of esters is 1. The maximum absolute atomic E-state index is 11.7. The van der Waals surface area contributed by atoms with E-state index in [-0.39, 0.29) is 24.1 Å². The average Bonchev–Trinajstić information content (AvgIpc) is 2.41. The summed E-state index contributed by atoms with van der Waals surface area (Å²) in [5, 5.41) is 21.2. The maximum Gasteiger partial charge on any atom is 0.307 e. The minimum atomic E-state index is -1.62. The van der Waals surface area contributed by atoms with E-state index < -0.39 is 11.9 Å². The molecule has 0 aliphatic rings. The molecule has 0 fully saturated rings. The van der Waals surface area contributed by atoms with Crippen LogP contribution in [-0.2, 0) is 9.53 Å². The molecular weight excluding hydrogens is 300 g/mol. The summed E-state index contributed by atoms with van der Waals surface area (Å²) in [6, 6.07) is 3.07. The van der Waals surface area contributed by atoms with E-state index in [0.717, 1.165) is 0 Å². The van der Waals surface area contributed by atoms with Gasteiger partial charge in [0.15, 0.2) is 6.29 Å². The van der Waals surface area contributed by atoms with Gasteiger partial charge >= 0.3 is 5.97 Å². The van der Waals surface area contributed by atoms with Gasteiger partial charge in [-0.05, 0) is 33.8 Å². The van der Waals surface area contributed by atoms with Crippen LogP contribution in [-0.4, -0.2) is 46.0 Å². The lowest BCUT2D eigenvalue weighted by molar-refractivity contribution is -0.155. The van der Waals surface area contributed by atoms with Crippen LogP contribution in [0.1, 0.15) is 46.1 Å². The first-order valence-electron chi connectivity index (χ1n) is 7.57. The number of aliphatic hydroxyl groups excluding tert-OH is 1. The highest BCUT2D eigenvalue weighted by atomic mass is 16.6. The molecule has 1 rings (SSSR count). The first-order chi connectivity index (χ1) is 10.7. The Morgan fingerprint density at radius 1 is 1.39 bits per heavy atom. The molecule has 0 aliphatic carbocycles. The van der Waals surface area contributed by atoms with E-state index >= 15 is 0 Å². The van der Waals surface area contributed by atoms with E-state index in [9.17, 15) is 4.79 Å². The number of hydrogen-bond acceptors (Lipinski definition) is 7. The number of aromatic nitrogens is 1. The summed E-state index contributed by atoms with van der Waals surface area (Å²) in [6.07, 6.45) is 0.112. The lowest BCUT2D eigenvalue weighted by Crippen LogP contribution is -2.34. The highest BCUT2D eigenvalue weighted by molar-refractivity contribution is 5.70. The van der Waals surface area contributed by atoms with Crippen LogP contribution < -0.4 is 10.1 Å². The van der Waals surface area contributed by atoms with Crippen molar-refractivity contribution < 1.29 is 24.5 Å². The van der Waals surface area contributed by atoms with Crippen molar-refractivity contribution in [1.82, 2.24) is 10.3 Å². The van der Waals surface area contributed by atoms with Crippen molar-refractivity contribution in [1.29, 1.82) is 0 Å². The van der Waals surface area contributed by atoms with Gasteiger partial charge in [0.05, 0.1) is 12.1 Å². The largest absolute Gasteiger partial charge is 0.492 e. The van der Waals surface area contributed by atoms with Crippen LogP contribution in [0.5, 0.6) is 5.75 Å². The molecule has 130 valence electrons. The fraction of sp³-hybridized carbons (Fsp3) is 0.625. The van der Waals surface area contributed by atoms with Gasteiger partial charge < -0.3 is 25.0 Å². The molecule has 1 unspecified atom stereocenters. The number of nitrogens with one attached hydrogen (secondary N) is 1. The van der Waals surface area contributed by atoms with Gasteiger partial charge in [0.1, 0.15) is 18.0 Å². The van der Waals surface area contributed by atoms with E-state index in [4.69, 9.17) is 19.7 Å². The maximum atomic E-state index is 11.7. The predicted molar refractivity (Wildman–Crippen MR) is 84.8 cm³/mol. The lowest BCUT2D eigenvalue weighted by atomic mass is 10.2. The Morgan fingerprint density at radius 3 is 2.70 bits per heavy atom. The second kappa shape index (κ2) is 8.81. The van der Waals surface area contributed by atoms with E-state index in [1.165, 1.54) is 12.3 Å². The van der Waals surface area contributed by atoms with Crippen molar-refractivity contribution in [2.24, 2.45) is 0 Å². The number of aliphatic hydroxyl groups is 2. The lowest BCUT2D eigenvalue weighted by Gasteiger charge is -2.21. The van der Waals surface area contributed by atoms with Crippen LogP contribution in [0.4, 0.5) is 0 Å². The summed E-state index contributed by atoms with van der Waals surface area (Å²) < 4.78 is 10.7. The van der Waals surface area contributed by atoms with Gasteiger partial charge in [0.2, 0.25) is 0 Å². The van der Waals surface area contributed by atoms with Gasteiger partial charge in [-0.15, -0.1) is 0 Å². The average molecular weight is 326 g/mol.